The molecule has 4 aromatic rings. The Morgan fingerprint density at radius 1 is 1.00 bits per heavy atom. The van der Waals surface area contributed by atoms with Crippen molar-refractivity contribution in [3.63, 3.8) is 0 Å². The van der Waals surface area contributed by atoms with Gasteiger partial charge in [0.2, 0.25) is 0 Å². The third-order valence-corrected chi connectivity index (χ3v) is 6.23. The maximum Gasteiger partial charge on any atom is 0.124 e. The molecule has 5 rings (SSSR count). The van der Waals surface area contributed by atoms with Gasteiger partial charge in [-0.3, -0.25) is 9.67 Å². The second-order valence-corrected chi connectivity index (χ2v) is 8.48. The molecule has 1 atom stereocenters. The molecule has 2 aromatic heterocycles. The number of pyridine rings is 1. The van der Waals surface area contributed by atoms with Gasteiger partial charge >= 0.3 is 0 Å². The minimum absolute atomic E-state index is 0.428. The summed E-state index contributed by atoms with van der Waals surface area (Å²) in [5.41, 5.74) is 5.22. The number of fused-ring (bicyclic) bond motifs is 1. The average molecular weight is 444 g/mol. The van der Waals surface area contributed by atoms with Crippen LogP contribution in [0.25, 0.3) is 22.0 Å². The molecular weight excluding hydrogens is 414 g/mol. The first kappa shape index (κ1) is 21.3. The zero-order valence-electron chi connectivity index (χ0n) is 19.3. The number of methoxy groups -OCH3 is 2. The van der Waals surface area contributed by atoms with E-state index in [9.17, 15) is 0 Å². The van der Waals surface area contributed by atoms with Gasteiger partial charge in [0.15, 0.2) is 0 Å². The van der Waals surface area contributed by atoms with Gasteiger partial charge in [-0.2, -0.15) is 5.10 Å². The van der Waals surface area contributed by atoms with Crippen molar-refractivity contribution in [2.24, 2.45) is 7.05 Å². The Balaban J connectivity index is 1.58. The van der Waals surface area contributed by atoms with Crippen LogP contribution in [0.3, 0.4) is 0 Å². The number of rotatable bonds is 7. The van der Waals surface area contributed by atoms with Gasteiger partial charge < -0.3 is 19.7 Å². The summed E-state index contributed by atoms with van der Waals surface area (Å²) in [6.07, 6.45) is 8.15. The Hall–Kier alpha value is -3.58. The van der Waals surface area contributed by atoms with Crippen LogP contribution < -0.4 is 19.7 Å². The first-order chi connectivity index (χ1) is 16.1. The first-order valence-electron chi connectivity index (χ1n) is 11.3. The summed E-state index contributed by atoms with van der Waals surface area (Å²) >= 11 is 0. The van der Waals surface area contributed by atoms with E-state index in [1.165, 1.54) is 6.42 Å². The molecule has 33 heavy (non-hydrogen) atoms. The lowest BCUT2D eigenvalue weighted by Crippen LogP contribution is -2.35. The van der Waals surface area contributed by atoms with Crippen molar-refractivity contribution < 1.29 is 9.47 Å². The summed E-state index contributed by atoms with van der Waals surface area (Å²) in [6, 6.07) is 15.1. The minimum atomic E-state index is 0.428. The van der Waals surface area contributed by atoms with Gasteiger partial charge in [0.1, 0.15) is 11.5 Å². The topological polar surface area (TPSA) is 64.4 Å². The maximum absolute atomic E-state index is 5.55. The normalized spacial score (nSPS) is 15.7. The van der Waals surface area contributed by atoms with E-state index in [4.69, 9.17) is 14.5 Å². The lowest BCUT2D eigenvalue weighted by atomic mass is 10.1. The van der Waals surface area contributed by atoms with Gasteiger partial charge in [-0.25, -0.2) is 0 Å². The third-order valence-electron chi connectivity index (χ3n) is 6.23. The van der Waals surface area contributed by atoms with E-state index in [0.29, 0.717) is 6.04 Å². The third kappa shape index (κ3) is 4.50. The van der Waals surface area contributed by atoms with Crippen LogP contribution in [0.5, 0.6) is 11.5 Å². The van der Waals surface area contributed by atoms with Crippen molar-refractivity contribution in [1.29, 1.82) is 0 Å². The van der Waals surface area contributed by atoms with Crippen LogP contribution in [0.4, 0.5) is 11.4 Å². The van der Waals surface area contributed by atoms with Gasteiger partial charge in [-0.05, 0) is 43.7 Å². The van der Waals surface area contributed by atoms with Gasteiger partial charge in [-0.15, -0.1) is 0 Å². The average Bonchev–Trinajstić information content (AvgIpc) is 3.53. The quantitative estimate of drug-likeness (QED) is 0.452. The van der Waals surface area contributed by atoms with Crippen LogP contribution in [0.15, 0.2) is 61.1 Å². The van der Waals surface area contributed by atoms with Gasteiger partial charge in [0, 0.05) is 78.1 Å². The molecule has 1 N–H and O–H groups in total. The van der Waals surface area contributed by atoms with E-state index in [-0.39, 0.29) is 0 Å². The van der Waals surface area contributed by atoms with Crippen molar-refractivity contribution in [1.82, 2.24) is 20.1 Å². The zero-order valence-corrected chi connectivity index (χ0v) is 19.3. The molecule has 0 saturated carbocycles. The van der Waals surface area contributed by atoms with Crippen molar-refractivity contribution >= 4 is 22.3 Å². The minimum Gasteiger partial charge on any atom is -0.497 e. The first-order valence-corrected chi connectivity index (χ1v) is 11.3. The number of nitrogens with zero attached hydrogens (tertiary/aromatic N) is 4. The van der Waals surface area contributed by atoms with Crippen molar-refractivity contribution in [3.05, 3.63) is 61.1 Å². The molecule has 1 unspecified atom stereocenters. The molecule has 0 radical (unpaired) electrons. The summed E-state index contributed by atoms with van der Waals surface area (Å²) < 4.78 is 12.9. The Morgan fingerprint density at radius 2 is 1.82 bits per heavy atom. The fraction of sp³-hybridized carbons (Fsp3) is 0.308. The monoisotopic (exact) mass is 443 g/mol. The van der Waals surface area contributed by atoms with Crippen molar-refractivity contribution in [3.8, 4) is 22.6 Å². The van der Waals surface area contributed by atoms with Crippen LogP contribution in [0.1, 0.15) is 12.8 Å². The highest BCUT2D eigenvalue weighted by atomic mass is 16.5. The van der Waals surface area contributed by atoms with E-state index in [2.05, 4.69) is 51.7 Å². The predicted molar refractivity (Wildman–Crippen MR) is 132 cm³/mol. The SMILES string of the molecule is COc1cc(OC)cc(N(CC2CCCN2)c2ccc3ncc(-c4cnn(C)c4)cc3c2)c1. The Morgan fingerprint density at radius 3 is 2.48 bits per heavy atom. The van der Waals surface area contributed by atoms with Crippen LogP contribution in [-0.2, 0) is 7.05 Å². The Labute approximate surface area is 194 Å². The van der Waals surface area contributed by atoms with Crippen LogP contribution in [-0.4, -0.2) is 48.1 Å². The molecule has 1 aliphatic heterocycles. The number of nitrogens with one attached hydrogen (secondary N) is 1. The maximum atomic E-state index is 5.55. The van der Waals surface area contributed by atoms with E-state index in [1.54, 1.807) is 14.2 Å². The second-order valence-electron chi connectivity index (χ2n) is 8.48. The summed E-state index contributed by atoms with van der Waals surface area (Å²) in [6.45, 7) is 1.92. The fourth-order valence-corrected chi connectivity index (χ4v) is 4.46. The number of aryl methyl sites for hydroxylation is 1. The molecule has 1 aliphatic rings. The predicted octanol–water partition coefficient (Wildman–Crippen LogP) is 4.54. The number of aromatic nitrogens is 3. The lowest BCUT2D eigenvalue weighted by molar-refractivity contribution is 0.394. The fourth-order valence-electron chi connectivity index (χ4n) is 4.46. The molecule has 1 fully saturated rings. The highest BCUT2D eigenvalue weighted by molar-refractivity contribution is 5.87. The molecule has 7 heteroatoms. The highest BCUT2D eigenvalue weighted by Gasteiger charge is 2.21. The molecule has 1 saturated heterocycles. The summed E-state index contributed by atoms with van der Waals surface area (Å²) in [5, 5.41) is 9.02. The van der Waals surface area contributed by atoms with Crippen LogP contribution in [0.2, 0.25) is 0 Å². The molecule has 3 heterocycles. The molecule has 2 aromatic carbocycles. The van der Waals surface area contributed by atoms with Crippen LogP contribution in [0, 0.1) is 0 Å². The molecule has 7 nitrogen and oxygen atoms in total. The second kappa shape index (κ2) is 9.11. The Kier molecular flexibility index (Phi) is 5.88. The standard InChI is InChI=1S/C26H29N5O2/c1-30-16-20(15-29-30)19-9-18-10-22(6-7-26(18)28-14-19)31(17-21-5-4-8-27-21)23-11-24(32-2)13-25(12-23)33-3/h6-7,9-16,21,27H,4-5,8,17H2,1-3H3. The number of hydrogen-bond acceptors (Lipinski definition) is 6. The number of benzene rings is 2. The Bertz CT molecular complexity index is 1240. The molecule has 170 valence electrons. The summed E-state index contributed by atoms with van der Waals surface area (Å²) in [4.78, 5) is 7.03. The van der Waals surface area contributed by atoms with Crippen molar-refractivity contribution in [2.75, 3.05) is 32.2 Å². The summed E-state index contributed by atoms with van der Waals surface area (Å²) in [7, 11) is 5.29. The van der Waals surface area contributed by atoms with E-state index >= 15 is 0 Å². The number of anilines is 2. The number of ether oxygens (including phenoxy) is 2. The van der Waals surface area contributed by atoms with Gasteiger partial charge in [-0.1, -0.05) is 0 Å². The molecular formula is C26H29N5O2. The van der Waals surface area contributed by atoms with Gasteiger partial charge in [0.05, 0.1) is 25.9 Å². The molecule has 0 bridgehead atoms. The largest absolute Gasteiger partial charge is 0.497 e. The highest BCUT2D eigenvalue weighted by Crippen LogP contribution is 2.35. The lowest BCUT2D eigenvalue weighted by Gasteiger charge is -2.29. The van der Waals surface area contributed by atoms with Crippen molar-refractivity contribution in [2.45, 2.75) is 18.9 Å². The van der Waals surface area contributed by atoms with E-state index < -0.39 is 0 Å². The molecule has 0 aliphatic carbocycles. The zero-order chi connectivity index (χ0) is 22.8. The number of hydrogen-bond donors (Lipinski definition) is 1. The van der Waals surface area contributed by atoms with E-state index in [1.807, 2.05) is 36.4 Å². The molecule has 0 amide bonds. The van der Waals surface area contributed by atoms with E-state index in [0.717, 1.165) is 64.4 Å². The summed E-state index contributed by atoms with van der Waals surface area (Å²) in [5.74, 6) is 1.55. The smallest absolute Gasteiger partial charge is 0.124 e. The molecule has 0 spiro atoms. The van der Waals surface area contributed by atoms with Gasteiger partial charge in [0.25, 0.3) is 0 Å². The van der Waals surface area contributed by atoms with Crippen LogP contribution >= 0.6 is 0 Å².